The first kappa shape index (κ1) is 12.8. The first-order valence-electron chi connectivity index (χ1n) is 6.33. The molecule has 0 bridgehead atoms. The predicted octanol–water partition coefficient (Wildman–Crippen LogP) is 3.96. The Hall–Kier alpha value is -1.19. The number of halogens is 2. The molecule has 1 N–H and O–H groups in total. The lowest BCUT2D eigenvalue weighted by molar-refractivity contribution is 0.0389. The van der Waals surface area contributed by atoms with Crippen LogP contribution in [0.4, 0.5) is 4.39 Å². The van der Waals surface area contributed by atoms with Gasteiger partial charge in [-0.05, 0) is 53.8 Å². The molecule has 3 rings (SSSR count). The molecule has 1 aliphatic rings. The second-order valence-electron chi connectivity index (χ2n) is 5.14. The molecule has 3 heteroatoms. The summed E-state index contributed by atoms with van der Waals surface area (Å²) >= 11 is 3.44. The van der Waals surface area contributed by atoms with Crippen molar-refractivity contribution in [2.24, 2.45) is 0 Å². The molecule has 2 aromatic carbocycles. The van der Waals surface area contributed by atoms with Gasteiger partial charge in [-0.3, -0.25) is 0 Å². The van der Waals surface area contributed by atoms with E-state index in [1.54, 1.807) is 6.07 Å². The van der Waals surface area contributed by atoms with Crippen LogP contribution in [0.5, 0.6) is 0 Å². The summed E-state index contributed by atoms with van der Waals surface area (Å²) in [6.45, 7) is 0. The first-order valence-corrected chi connectivity index (χ1v) is 7.12. The Kier molecular flexibility index (Phi) is 3.19. The van der Waals surface area contributed by atoms with E-state index in [1.165, 1.54) is 12.1 Å². The topological polar surface area (TPSA) is 20.2 Å². The van der Waals surface area contributed by atoms with Gasteiger partial charge in [0, 0.05) is 10.9 Å². The maximum Gasteiger partial charge on any atom is 0.123 e. The van der Waals surface area contributed by atoms with E-state index in [2.05, 4.69) is 15.9 Å². The Labute approximate surface area is 120 Å². The summed E-state index contributed by atoms with van der Waals surface area (Å²) < 4.78 is 14.2. The van der Waals surface area contributed by atoms with Crippen LogP contribution in [0.15, 0.2) is 46.9 Å². The van der Waals surface area contributed by atoms with E-state index in [0.717, 1.165) is 27.6 Å². The van der Waals surface area contributed by atoms with E-state index in [1.807, 2.05) is 24.3 Å². The number of benzene rings is 2. The average molecular weight is 321 g/mol. The Morgan fingerprint density at radius 1 is 1.21 bits per heavy atom. The lowest BCUT2D eigenvalue weighted by Crippen LogP contribution is -2.25. The standard InChI is InChI=1S/C16H14BrFO/c17-13-3-1-2-11(8-13)10-16(19)7-6-12-9-14(18)4-5-15(12)16/h1-5,8-9,19H,6-7,10H2. The number of hydrogen-bond acceptors (Lipinski definition) is 1. The molecule has 2 aromatic rings. The highest BCUT2D eigenvalue weighted by atomic mass is 79.9. The van der Waals surface area contributed by atoms with Gasteiger partial charge in [-0.25, -0.2) is 4.39 Å². The van der Waals surface area contributed by atoms with Crippen LogP contribution in [-0.4, -0.2) is 5.11 Å². The largest absolute Gasteiger partial charge is 0.385 e. The highest BCUT2D eigenvalue weighted by Crippen LogP contribution is 2.39. The molecule has 0 saturated heterocycles. The minimum Gasteiger partial charge on any atom is -0.385 e. The van der Waals surface area contributed by atoms with Crippen LogP contribution in [0.2, 0.25) is 0 Å². The Morgan fingerprint density at radius 3 is 2.84 bits per heavy atom. The van der Waals surface area contributed by atoms with Crippen molar-refractivity contribution in [2.75, 3.05) is 0 Å². The summed E-state index contributed by atoms with van der Waals surface area (Å²) in [6, 6.07) is 12.6. The molecule has 0 radical (unpaired) electrons. The van der Waals surface area contributed by atoms with Gasteiger partial charge in [-0.2, -0.15) is 0 Å². The predicted molar refractivity (Wildman–Crippen MR) is 76.5 cm³/mol. The second-order valence-corrected chi connectivity index (χ2v) is 6.06. The van der Waals surface area contributed by atoms with Crippen LogP contribution in [0.25, 0.3) is 0 Å². The third-order valence-electron chi connectivity index (χ3n) is 3.76. The van der Waals surface area contributed by atoms with Gasteiger partial charge < -0.3 is 5.11 Å². The van der Waals surface area contributed by atoms with Crippen molar-refractivity contribution in [2.45, 2.75) is 24.9 Å². The van der Waals surface area contributed by atoms with Crippen LogP contribution in [0.1, 0.15) is 23.1 Å². The van der Waals surface area contributed by atoms with Crippen molar-refractivity contribution < 1.29 is 9.50 Å². The number of aliphatic hydroxyl groups is 1. The van der Waals surface area contributed by atoms with Crippen LogP contribution in [-0.2, 0) is 18.4 Å². The summed E-state index contributed by atoms with van der Waals surface area (Å²) in [5.41, 5.74) is 2.00. The average Bonchev–Trinajstić information content (AvgIpc) is 2.66. The third-order valence-corrected chi connectivity index (χ3v) is 4.26. The van der Waals surface area contributed by atoms with E-state index in [-0.39, 0.29) is 5.82 Å². The zero-order valence-corrected chi connectivity index (χ0v) is 12.0. The van der Waals surface area contributed by atoms with E-state index in [4.69, 9.17) is 0 Å². The SMILES string of the molecule is OC1(Cc2cccc(Br)c2)CCc2cc(F)ccc21. The summed E-state index contributed by atoms with van der Waals surface area (Å²) in [6.07, 6.45) is 1.95. The van der Waals surface area contributed by atoms with Gasteiger partial charge in [0.1, 0.15) is 5.82 Å². The van der Waals surface area contributed by atoms with Crippen molar-refractivity contribution in [1.82, 2.24) is 0 Å². The van der Waals surface area contributed by atoms with Gasteiger partial charge in [-0.1, -0.05) is 34.1 Å². The molecule has 0 spiro atoms. The lowest BCUT2D eigenvalue weighted by Gasteiger charge is -2.24. The van der Waals surface area contributed by atoms with E-state index in [0.29, 0.717) is 12.8 Å². The van der Waals surface area contributed by atoms with Crippen molar-refractivity contribution >= 4 is 15.9 Å². The van der Waals surface area contributed by atoms with Crippen LogP contribution in [0.3, 0.4) is 0 Å². The van der Waals surface area contributed by atoms with Crippen molar-refractivity contribution in [3.8, 4) is 0 Å². The zero-order chi connectivity index (χ0) is 13.5. The molecule has 0 heterocycles. The number of aryl methyl sites for hydroxylation is 1. The normalized spacial score (nSPS) is 21.4. The zero-order valence-electron chi connectivity index (χ0n) is 10.4. The maximum absolute atomic E-state index is 13.2. The Morgan fingerprint density at radius 2 is 2.05 bits per heavy atom. The van der Waals surface area contributed by atoms with E-state index in [9.17, 15) is 9.50 Å². The molecule has 0 fully saturated rings. The molecular weight excluding hydrogens is 307 g/mol. The molecule has 0 aliphatic heterocycles. The first-order chi connectivity index (χ1) is 9.07. The molecule has 0 amide bonds. The minimum atomic E-state index is -0.871. The Balaban J connectivity index is 1.94. The monoisotopic (exact) mass is 320 g/mol. The molecule has 0 aromatic heterocycles. The van der Waals surface area contributed by atoms with Gasteiger partial charge in [0.05, 0.1) is 5.60 Å². The van der Waals surface area contributed by atoms with Crippen molar-refractivity contribution in [3.63, 3.8) is 0 Å². The summed E-state index contributed by atoms with van der Waals surface area (Å²) in [7, 11) is 0. The molecular formula is C16H14BrFO. The fraction of sp³-hybridized carbons (Fsp3) is 0.250. The molecule has 19 heavy (non-hydrogen) atoms. The molecule has 0 saturated carbocycles. The molecule has 1 aliphatic carbocycles. The van der Waals surface area contributed by atoms with Gasteiger partial charge in [-0.15, -0.1) is 0 Å². The van der Waals surface area contributed by atoms with Crippen LogP contribution in [0, 0.1) is 5.82 Å². The smallest absolute Gasteiger partial charge is 0.123 e. The second kappa shape index (κ2) is 4.73. The fourth-order valence-corrected chi connectivity index (χ4v) is 3.31. The van der Waals surface area contributed by atoms with Crippen molar-refractivity contribution in [1.29, 1.82) is 0 Å². The minimum absolute atomic E-state index is 0.231. The van der Waals surface area contributed by atoms with Gasteiger partial charge in [0.25, 0.3) is 0 Å². The molecule has 1 nitrogen and oxygen atoms in total. The highest BCUT2D eigenvalue weighted by molar-refractivity contribution is 9.10. The number of fused-ring (bicyclic) bond motifs is 1. The number of hydrogen-bond donors (Lipinski definition) is 1. The lowest BCUT2D eigenvalue weighted by atomic mass is 9.89. The quantitative estimate of drug-likeness (QED) is 0.887. The van der Waals surface area contributed by atoms with Crippen LogP contribution < -0.4 is 0 Å². The molecule has 1 atom stereocenters. The maximum atomic E-state index is 13.2. The summed E-state index contributed by atoms with van der Waals surface area (Å²) in [5.74, 6) is -0.231. The number of rotatable bonds is 2. The highest BCUT2D eigenvalue weighted by Gasteiger charge is 2.36. The van der Waals surface area contributed by atoms with E-state index >= 15 is 0 Å². The van der Waals surface area contributed by atoms with Gasteiger partial charge in [0.15, 0.2) is 0 Å². The third kappa shape index (κ3) is 2.45. The fourth-order valence-electron chi connectivity index (χ4n) is 2.87. The van der Waals surface area contributed by atoms with Gasteiger partial charge >= 0.3 is 0 Å². The van der Waals surface area contributed by atoms with Crippen molar-refractivity contribution in [3.05, 3.63) is 69.4 Å². The molecule has 98 valence electrons. The van der Waals surface area contributed by atoms with Crippen LogP contribution >= 0.6 is 15.9 Å². The summed E-state index contributed by atoms with van der Waals surface area (Å²) in [5, 5.41) is 10.8. The Bertz CT molecular complexity index is 626. The molecule has 1 unspecified atom stereocenters. The van der Waals surface area contributed by atoms with Gasteiger partial charge in [0.2, 0.25) is 0 Å². The summed E-state index contributed by atoms with van der Waals surface area (Å²) in [4.78, 5) is 0. The van der Waals surface area contributed by atoms with E-state index < -0.39 is 5.60 Å².